The lowest BCUT2D eigenvalue weighted by Gasteiger charge is -2.35. The summed E-state index contributed by atoms with van der Waals surface area (Å²) in [5.41, 5.74) is 0.353. The zero-order chi connectivity index (χ0) is 17.0. The van der Waals surface area contributed by atoms with Gasteiger partial charge in [0.15, 0.2) is 5.78 Å². The Bertz CT molecular complexity index is 627. The minimum atomic E-state index is -1.07. The molecule has 7 heteroatoms. The van der Waals surface area contributed by atoms with Crippen molar-refractivity contribution >= 4 is 23.6 Å². The highest BCUT2D eigenvalue weighted by Crippen LogP contribution is 2.24. The van der Waals surface area contributed by atoms with E-state index in [1.807, 2.05) is 0 Å². The SMILES string of the molecule is COC(=O)C1CC(C(=O)OC)N(C(=O)c2ccccc2)CC1=O. The molecule has 2 atom stereocenters. The van der Waals surface area contributed by atoms with Gasteiger partial charge in [-0.2, -0.15) is 0 Å². The van der Waals surface area contributed by atoms with Crippen molar-refractivity contribution < 1.29 is 28.7 Å². The number of rotatable bonds is 3. The molecule has 0 aliphatic carbocycles. The fourth-order valence-electron chi connectivity index (χ4n) is 2.56. The number of benzene rings is 1. The molecule has 122 valence electrons. The van der Waals surface area contributed by atoms with Crippen molar-refractivity contribution in [2.24, 2.45) is 5.92 Å². The van der Waals surface area contributed by atoms with Gasteiger partial charge >= 0.3 is 11.9 Å². The molecule has 0 N–H and O–H groups in total. The molecule has 2 unspecified atom stereocenters. The highest BCUT2D eigenvalue weighted by molar-refractivity contribution is 6.06. The molecule has 1 aromatic carbocycles. The molecule has 1 fully saturated rings. The monoisotopic (exact) mass is 319 g/mol. The second-order valence-electron chi connectivity index (χ2n) is 5.12. The maximum Gasteiger partial charge on any atom is 0.328 e. The summed E-state index contributed by atoms with van der Waals surface area (Å²) >= 11 is 0. The molecular weight excluding hydrogens is 302 g/mol. The minimum Gasteiger partial charge on any atom is -0.468 e. The molecule has 2 rings (SSSR count). The highest BCUT2D eigenvalue weighted by Gasteiger charge is 2.44. The van der Waals surface area contributed by atoms with Gasteiger partial charge in [-0.25, -0.2) is 4.79 Å². The molecule has 1 aliphatic rings. The van der Waals surface area contributed by atoms with Gasteiger partial charge in [0.25, 0.3) is 5.91 Å². The number of amides is 1. The van der Waals surface area contributed by atoms with Gasteiger partial charge in [0.1, 0.15) is 12.0 Å². The van der Waals surface area contributed by atoms with E-state index in [2.05, 4.69) is 4.74 Å². The van der Waals surface area contributed by atoms with Crippen molar-refractivity contribution in [1.82, 2.24) is 4.90 Å². The Balaban J connectivity index is 2.30. The number of carbonyl (C=O) groups is 4. The summed E-state index contributed by atoms with van der Waals surface area (Å²) in [6.07, 6.45) is -0.142. The second kappa shape index (κ2) is 7.04. The third-order valence-electron chi connectivity index (χ3n) is 3.79. The summed E-state index contributed by atoms with van der Waals surface area (Å²) in [5.74, 6) is -3.37. The van der Waals surface area contributed by atoms with Gasteiger partial charge in [0.05, 0.1) is 20.8 Å². The van der Waals surface area contributed by atoms with E-state index in [1.54, 1.807) is 30.3 Å². The topological polar surface area (TPSA) is 90.0 Å². The molecule has 1 heterocycles. The number of esters is 2. The van der Waals surface area contributed by atoms with Crippen LogP contribution < -0.4 is 0 Å². The van der Waals surface area contributed by atoms with Crippen molar-refractivity contribution in [1.29, 1.82) is 0 Å². The first-order chi connectivity index (χ1) is 11.0. The standard InChI is InChI=1S/C16H17NO6/c1-22-15(20)11-8-12(16(21)23-2)17(9-13(11)18)14(19)10-6-4-3-5-7-10/h3-7,11-12H,8-9H2,1-2H3. The van der Waals surface area contributed by atoms with Gasteiger partial charge in [0.2, 0.25) is 0 Å². The number of hydrogen-bond acceptors (Lipinski definition) is 6. The number of carbonyl (C=O) groups excluding carboxylic acids is 4. The normalized spacial score (nSPS) is 20.8. The molecule has 1 amide bonds. The first-order valence-corrected chi connectivity index (χ1v) is 7.04. The number of likely N-dealkylation sites (tertiary alicyclic amines) is 1. The van der Waals surface area contributed by atoms with Crippen molar-refractivity contribution in [3.8, 4) is 0 Å². The molecule has 7 nitrogen and oxygen atoms in total. The largest absolute Gasteiger partial charge is 0.468 e. The van der Waals surface area contributed by atoms with Crippen LogP contribution in [0.2, 0.25) is 0 Å². The molecule has 0 aromatic heterocycles. The van der Waals surface area contributed by atoms with E-state index in [0.717, 1.165) is 4.90 Å². The van der Waals surface area contributed by atoms with Crippen LogP contribution in [0, 0.1) is 5.92 Å². The summed E-state index contributed by atoms with van der Waals surface area (Å²) in [5, 5.41) is 0. The average Bonchev–Trinajstić information content (AvgIpc) is 2.60. The number of ketones is 1. The number of ether oxygens (including phenoxy) is 2. The van der Waals surface area contributed by atoms with E-state index in [4.69, 9.17) is 4.74 Å². The maximum atomic E-state index is 12.6. The van der Waals surface area contributed by atoms with Gasteiger partial charge in [-0.15, -0.1) is 0 Å². The lowest BCUT2D eigenvalue weighted by Crippen LogP contribution is -2.55. The fraction of sp³-hybridized carbons (Fsp3) is 0.375. The first kappa shape index (κ1) is 16.7. The minimum absolute atomic E-state index is 0.142. The Morgan fingerprint density at radius 3 is 2.22 bits per heavy atom. The Morgan fingerprint density at radius 1 is 1.04 bits per heavy atom. The third-order valence-corrected chi connectivity index (χ3v) is 3.79. The molecule has 1 saturated heterocycles. The number of nitrogens with zero attached hydrogens (tertiary/aromatic N) is 1. The van der Waals surface area contributed by atoms with E-state index in [0.29, 0.717) is 5.56 Å². The Hall–Kier alpha value is -2.70. The quantitative estimate of drug-likeness (QED) is 0.593. The number of Topliss-reactive ketones (excluding diaryl/α,β-unsaturated/α-hetero) is 1. The smallest absolute Gasteiger partial charge is 0.328 e. The van der Waals surface area contributed by atoms with Crippen molar-refractivity contribution in [2.75, 3.05) is 20.8 Å². The third kappa shape index (κ3) is 3.39. The zero-order valence-corrected chi connectivity index (χ0v) is 12.9. The van der Waals surface area contributed by atoms with E-state index in [9.17, 15) is 19.2 Å². The van der Waals surface area contributed by atoms with Gasteiger partial charge in [-0.05, 0) is 18.6 Å². The van der Waals surface area contributed by atoms with E-state index in [-0.39, 0.29) is 13.0 Å². The van der Waals surface area contributed by atoms with E-state index in [1.165, 1.54) is 14.2 Å². The molecule has 23 heavy (non-hydrogen) atoms. The summed E-state index contributed by atoms with van der Waals surface area (Å²) < 4.78 is 9.29. The van der Waals surface area contributed by atoms with E-state index < -0.39 is 35.6 Å². The van der Waals surface area contributed by atoms with Crippen LogP contribution in [0.3, 0.4) is 0 Å². The van der Waals surface area contributed by atoms with Gasteiger partial charge in [-0.3, -0.25) is 14.4 Å². The summed E-state index contributed by atoms with van der Waals surface area (Å²) in [6, 6.07) is 7.30. The van der Waals surface area contributed by atoms with Crippen LogP contribution in [-0.4, -0.2) is 55.3 Å². The summed E-state index contributed by atoms with van der Waals surface area (Å²) in [6.45, 7) is -0.340. The van der Waals surface area contributed by atoms with Gasteiger partial charge in [0, 0.05) is 5.56 Å². The number of hydrogen-bond donors (Lipinski definition) is 0. The van der Waals surface area contributed by atoms with Gasteiger partial charge < -0.3 is 14.4 Å². The molecule has 1 aliphatic heterocycles. The highest BCUT2D eigenvalue weighted by atomic mass is 16.5. The molecule has 0 spiro atoms. The lowest BCUT2D eigenvalue weighted by atomic mass is 9.89. The average molecular weight is 319 g/mol. The molecule has 0 radical (unpaired) electrons. The van der Waals surface area contributed by atoms with Crippen LogP contribution in [0.4, 0.5) is 0 Å². The summed E-state index contributed by atoms with van der Waals surface area (Å²) in [4.78, 5) is 49.5. The van der Waals surface area contributed by atoms with Crippen LogP contribution in [0.1, 0.15) is 16.8 Å². The Labute approximate surface area is 133 Å². The van der Waals surface area contributed by atoms with Crippen LogP contribution in [0.25, 0.3) is 0 Å². The maximum absolute atomic E-state index is 12.6. The number of methoxy groups -OCH3 is 2. The van der Waals surface area contributed by atoms with E-state index >= 15 is 0 Å². The molecule has 0 bridgehead atoms. The Morgan fingerprint density at radius 2 is 1.65 bits per heavy atom. The van der Waals surface area contributed by atoms with Crippen LogP contribution >= 0.6 is 0 Å². The zero-order valence-electron chi connectivity index (χ0n) is 12.9. The van der Waals surface area contributed by atoms with Crippen LogP contribution in [0.5, 0.6) is 0 Å². The lowest BCUT2D eigenvalue weighted by molar-refractivity contribution is -0.156. The van der Waals surface area contributed by atoms with Crippen LogP contribution in [0.15, 0.2) is 30.3 Å². The fourth-order valence-corrected chi connectivity index (χ4v) is 2.56. The first-order valence-electron chi connectivity index (χ1n) is 7.04. The Kier molecular flexibility index (Phi) is 5.10. The van der Waals surface area contributed by atoms with Gasteiger partial charge in [-0.1, -0.05) is 18.2 Å². The molecule has 1 aromatic rings. The predicted molar refractivity (Wildman–Crippen MR) is 78.4 cm³/mol. The molecule has 0 saturated carbocycles. The van der Waals surface area contributed by atoms with Crippen molar-refractivity contribution in [3.63, 3.8) is 0 Å². The molecular formula is C16H17NO6. The predicted octanol–water partition coefficient (Wildman–Crippen LogP) is 0.432. The summed E-state index contributed by atoms with van der Waals surface area (Å²) in [7, 11) is 2.36. The van der Waals surface area contributed by atoms with Crippen molar-refractivity contribution in [2.45, 2.75) is 12.5 Å². The van der Waals surface area contributed by atoms with Crippen LogP contribution in [-0.2, 0) is 23.9 Å². The number of piperidine rings is 1. The van der Waals surface area contributed by atoms with Crippen molar-refractivity contribution in [3.05, 3.63) is 35.9 Å². The second-order valence-corrected chi connectivity index (χ2v) is 5.12.